The van der Waals surface area contributed by atoms with Crippen molar-refractivity contribution in [1.82, 2.24) is 4.90 Å². The highest BCUT2D eigenvalue weighted by Crippen LogP contribution is 2.32. The van der Waals surface area contributed by atoms with Gasteiger partial charge in [0.2, 0.25) is 0 Å². The molecule has 0 spiro atoms. The monoisotopic (exact) mass is 173 g/mol. The lowest BCUT2D eigenvalue weighted by Gasteiger charge is -2.40. The van der Waals surface area contributed by atoms with Crippen LogP contribution in [0.4, 0.5) is 0 Å². The van der Waals surface area contributed by atoms with Gasteiger partial charge in [-0.15, -0.1) is 0 Å². The molecule has 1 aliphatic carbocycles. The van der Waals surface area contributed by atoms with Gasteiger partial charge in [-0.3, -0.25) is 4.90 Å². The molecule has 0 amide bonds. The van der Waals surface area contributed by atoms with Gasteiger partial charge in [-0.1, -0.05) is 6.92 Å². The van der Waals surface area contributed by atoms with Crippen LogP contribution in [0.1, 0.15) is 26.2 Å². The summed E-state index contributed by atoms with van der Waals surface area (Å²) in [6.07, 6.45) is 3.00. The number of nitrogens with zero attached hydrogens (tertiary/aromatic N) is 1. The van der Waals surface area contributed by atoms with E-state index in [-0.39, 0.29) is 6.61 Å². The van der Waals surface area contributed by atoms with Gasteiger partial charge in [0, 0.05) is 13.1 Å². The predicted molar refractivity (Wildman–Crippen MR) is 48.0 cm³/mol. The summed E-state index contributed by atoms with van der Waals surface area (Å²) in [5.41, 5.74) is -0.439. The largest absolute Gasteiger partial charge is 0.395 e. The molecule has 1 fully saturated rings. The van der Waals surface area contributed by atoms with Crippen LogP contribution in [-0.2, 0) is 0 Å². The third-order valence-corrected chi connectivity index (χ3v) is 2.67. The third kappa shape index (κ3) is 2.44. The maximum absolute atomic E-state index is 9.81. The zero-order valence-electron chi connectivity index (χ0n) is 7.79. The lowest BCUT2D eigenvalue weighted by Crippen LogP contribution is -2.48. The molecule has 0 radical (unpaired) electrons. The summed E-state index contributed by atoms with van der Waals surface area (Å²) in [5, 5.41) is 18.5. The van der Waals surface area contributed by atoms with E-state index < -0.39 is 5.60 Å². The Morgan fingerprint density at radius 3 is 2.42 bits per heavy atom. The molecule has 0 heterocycles. The van der Waals surface area contributed by atoms with Crippen molar-refractivity contribution in [1.29, 1.82) is 0 Å². The van der Waals surface area contributed by atoms with Gasteiger partial charge < -0.3 is 10.2 Å². The van der Waals surface area contributed by atoms with Crippen molar-refractivity contribution >= 4 is 0 Å². The van der Waals surface area contributed by atoms with Crippen LogP contribution < -0.4 is 0 Å². The average Bonchev–Trinajstić information content (AvgIpc) is 2.01. The van der Waals surface area contributed by atoms with E-state index in [2.05, 4.69) is 11.8 Å². The maximum atomic E-state index is 9.81. The SMILES string of the molecule is CCN(CCO)CC1(O)CCC1. The Bertz CT molecular complexity index is 134. The summed E-state index contributed by atoms with van der Waals surface area (Å²) in [4.78, 5) is 2.10. The fraction of sp³-hybridized carbons (Fsp3) is 1.00. The van der Waals surface area contributed by atoms with Crippen LogP contribution in [-0.4, -0.2) is 47.0 Å². The molecule has 0 unspecified atom stereocenters. The predicted octanol–water partition coefficient (Wildman–Crippen LogP) is 0.216. The Morgan fingerprint density at radius 2 is 2.08 bits per heavy atom. The maximum Gasteiger partial charge on any atom is 0.0774 e. The van der Waals surface area contributed by atoms with Crippen molar-refractivity contribution in [2.45, 2.75) is 31.8 Å². The molecule has 0 bridgehead atoms. The standard InChI is InChI=1S/C9H19NO2/c1-2-10(6-7-11)8-9(12)4-3-5-9/h11-12H,2-8H2,1H3. The highest BCUT2D eigenvalue weighted by molar-refractivity contribution is 4.90. The minimum absolute atomic E-state index is 0.184. The number of aliphatic hydroxyl groups excluding tert-OH is 1. The summed E-state index contributed by atoms with van der Waals surface area (Å²) in [7, 11) is 0. The van der Waals surface area contributed by atoms with E-state index in [4.69, 9.17) is 5.11 Å². The molecule has 72 valence electrons. The number of hydrogen-bond acceptors (Lipinski definition) is 3. The van der Waals surface area contributed by atoms with Crippen molar-refractivity contribution in [3.8, 4) is 0 Å². The number of rotatable bonds is 5. The van der Waals surface area contributed by atoms with Crippen molar-refractivity contribution in [3.05, 3.63) is 0 Å². The third-order valence-electron chi connectivity index (χ3n) is 2.67. The summed E-state index contributed by atoms with van der Waals surface area (Å²) in [6.45, 7) is 4.55. The average molecular weight is 173 g/mol. The number of likely N-dealkylation sites (N-methyl/N-ethyl adjacent to an activating group) is 1. The summed E-state index contributed by atoms with van der Waals surface area (Å²) < 4.78 is 0. The van der Waals surface area contributed by atoms with Gasteiger partial charge in [0.15, 0.2) is 0 Å². The van der Waals surface area contributed by atoms with E-state index in [1.165, 1.54) is 0 Å². The molecule has 0 atom stereocenters. The molecule has 0 aromatic heterocycles. The molecule has 0 saturated heterocycles. The van der Waals surface area contributed by atoms with Gasteiger partial charge in [0.1, 0.15) is 0 Å². The van der Waals surface area contributed by atoms with E-state index in [0.717, 1.165) is 32.4 Å². The van der Waals surface area contributed by atoms with Gasteiger partial charge in [0.25, 0.3) is 0 Å². The zero-order valence-corrected chi connectivity index (χ0v) is 7.79. The lowest BCUT2D eigenvalue weighted by molar-refractivity contribution is -0.0596. The van der Waals surface area contributed by atoms with E-state index in [1.54, 1.807) is 0 Å². The molecule has 2 N–H and O–H groups in total. The summed E-state index contributed by atoms with van der Waals surface area (Å²) in [6, 6.07) is 0. The van der Waals surface area contributed by atoms with Crippen molar-refractivity contribution < 1.29 is 10.2 Å². The van der Waals surface area contributed by atoms with Crippen LogP contribution >= 0.6 is 0 Å². The Labute approximate surface area is 74.0 Å². The topological polar surface area (TPSA) is 43.7 Å². The Kier molecular flexibility index (Phi) is 3.50. The van der Waals surface area contributed by atoms with Gasteiger partial charge in [-0.2, -0.15) is 0 Å². The fourth-order valence-electron chi connectivity index (χ4n) is 1.65. The Hall–Kier alpha value is -0.120. The van der Waals surface area contributed by atoms with Gasteiger partial charge >= 0.3 is 0 Å². The van der Waals surface area contributed by atoms with Crippen LogP contribution in [0.15, 0.2) is 0 Å². The first kappa shape index (κ1) is 9.96. The fourth-order valence-corrected chi connectivity index (χ4v) is 1.65. The molecule has 0 aromatic carbocycles. The van der Waals surface area contributed by atoms with Gasteiger partial charge in [0.05, 0.1) is 12.2 Å². The van der Waals surface area contributed by atoms with E-state index >= 15 is 0 Å². The molecular formula is C9H19NO2. The second-order valence-electron chi connectivity index (χ2n) is 3.67. The molecule has 0 aromatic rings. The van der Waals surface area contributed by atoms with E-state index in [0.29, 0.717) is 6.54 Å². The first-order valence-corrected chi connectivity index (χ1v) is 4.76. The zero-order chi connectivity index (χ0) is 9.03. The Balaban J connectivity index is 2.25. The molecular weight excluding hydrogens is 154 g/mol. The molecule has 0 aliphatic heterocycles. The van der Waals surface area contributed by atoms with Crippen LogP contribution in [0, 0.1) is 0 Å². The quantitative estimate of drug-likeness (QED) is 0.625. The first-order chi connectivity index (χ1) is 5.70. The number of hydrogen-bond donors (Lipinski definition) is 2. The highest BCUT2D eigenvalue weighted by atomic mass is 16.3. The molecule has 3 nitrogen and oxygen atoms in total. The van der Waals surface area contributed by atoms with Crippen LogP contribution in [0.2, 0.25) is 0 Å². The number of aliphatic hydroxyl groups is 2. The van der Waals surface area contributed by atoms with Crippen LogP contribution in [0.25, 0.3) is 0 Å². The van der Waals surface area contributed by atoms with Crippen LogP contribution in [0.3, 0.4) is 0 Å². The molecule has 1 aliphatic rings. The van der Waals surface area contributed by atoms with Crippen molar-refractivity contribution in [3.63, 3.8) is 0 Å². The minimum Gasteiger partial charge on any atom is -0.395 e. The van der Waals surface area contributed by atoms with Crippen molar-refractivity contribution in [2.24, 2.45) is 0 Å². The summed E-state index contributed by atoms with van der Waals surface area (Å²) >= 11 is 0. The van der Waals surface area contributed by atoms with Gasteiger partial charge in [-0.25, -0.2) is 0 Å². The molecule has 1 rings (SSSR count). The second kappa shape index (κ2) is 4.21. The summed E-state index contributed by atoms with van der Waals surface area (Å²) in [5.74, 6) is 0. The second-order valence-corrected chi connectivity index (χ2v) is 3.67. The smallest absolute Gasteiger partial charge is 0.0774 e. The van der Waals surface area contributed by atoms with Gasteiger partial charge in [-0.05, 0) is 25.8 Å². The minimum atomic E-state index is -0.439. The van der Waals surface area contributed by atoms with Crippen LogP contribution in [0.5, 0.6) is 0 Å². The molecule has 12 heavy (non-hydrogen) atoms. The normalized spacial score (nSPS) is 21.0. The lowest BCUT2D eigenvalue weighted by atomic mass is 9.80. The highest BCUT2D eigenvalue weighted by Gasteiger charge is 2.35. The first-order valence-electron chi connectivity index (χ1n) is 4.76. The van der Waals surface area contributed by atoms with Crippen molar-refractivity contribution in [2.75, 3.05) is 26.2 Å². The van der Waals surface area contributed by atoms with E-state index in [1.807, 2.05) is 0 Å². The molecule has 1 saturated carbocycles. The van der Waals surface area contributed by atoms with E-state index in [9.17, 15) is 5.11 Å². The Morgan fingerprint density at radius 1 is 1.42 bits per heavy atom. The molecule has 3 heteroatoms.